The summed E-state index contributed by atoms with van der Waals surface area (Å²) in [6, 6.07) is 12.9. The number of nitrogens with one attached hydrogen (secondary N) is 1. The summed E-state index contributed by atoms with van der Waals surface area (Å²) < 4.78 is 26.3. The van der Waals surface area contributed by atoms with Crippen LogP contribution in [0.4, 0.5) is 5.69 Å². The fraction of sp³-hybridized carbons (Fsp3) is 0.409. The van der Waals surface area contributed by atoms with Crippen LogP contribution in [0.2, 0.25) is 0 Å². The summed E-state index contributed by atoms with van der Waals surface area (Å²) in [7, 11) is -3.45. The van der Waals surface area contributed by atoms with Gasteiger partial charge in [-0.1, -0.05) is 38.1 Å². The third kappa shape index (κ3) is 5.58. The lowest BCUT2D eigenvalue weighted by atomic mass is 10.1. The van der Waals surface area contributed by atoms with E-state index in [9.17, 15) is 13.2 Å². The van der Waals surface area contributed by atoms with E-state index in [4.69, 9.17) is 0 Å². The Hall–Kier alpha value is -2.34. The third-order valence-corrected chi connectivity index (χ3v) is 6.06. The maximum atomic E-state index is 12.4. The van der Waals surface area contributed by atoms with Crippen molar-refractivity contribution < 1.29 is 13.2 Å². The van der Waals surface area contributed by atoms with Crippen LogP contribution in [-0.2, 0) is 16.6 Å². The number of sulfonamides is 1. The SMILES string of the molecule is Cc1ccc(C)c(N(Cc2ccc(C(=O)N[C@@H](C)C(C)C)cc2)S(C)(=O)=O)c1. The first-order valence-electron chi connectivity index (χ1n) is 9.44. The number of aryl methyl sites for hydroxylation is 2. The zero-order chi connectivity index (χ0) is 21.1. The van der Waals surface area contributed by atoms with Crippen LogP contribution in [0.5, 0.6) is 0 Å². The zero-order valence-electron chi connectivity index (χ0n) is 17.5. The molecule has 0 saturated heterocycles. The van der Waals surface area contributed by atoms with Crippen molar-refractivity contribution in [2.45, 2.75) is 47.2 Å². The van der Waals surface area contributed by atoms with Crippen LogP contribution in [0.15, 0.2) is 42.5 Å². The molecular weight excluding hydrogens is 372 g/mol. The van der Waals surface area contributed by atoms with E-state index in [0.717, 1.165) is 16.7 Å². The summed E-state index contributed by atoms with van der Waals surface area (Å²) in [5.74, 6) is 0.228. The molecule has 2 aromatic carbocycles. The van der Waals surface area contributed by atoms with Gasteiger partial charge < -0.3 is 5.32 Å². The highest BCUT2D eigenvalue weighted by atomic mass is 32.2. The van der Waals surface area contributed by atoms with Gasteiger partial charge in [0, 0.05) is 11.6 Å². The van der Waals surface area contributed by atoms with Gasteiger partial charge >= 0.3 is 0 Å². The molecule has 0 aromatic heterocycles. The molecule has 0 aliphatic carbocycles. The molecular formula is C22H30N2O3S. The molecule has 0 fully saturated rings. The number of carbonyl (C=O) groups excluding carboxylic acids is 1. The Morgan fingerprint density at radius 2 is 1.64 bits per heavy atom. The van der Waals surface area contributed by atoms with Crippen LogP contribution in [0.3, 0.4) is 0 Å². The molecule has 1 amide bonds. The van der Waals surface area contributed by atoms with Gasteiger partial charge in [0.15, 0.2) is 0 Å². The highest BCUT2D eigenvalue weighted by Crippen LogP contribution is 2.26. The molecule has 0 spiro atoms. The molecule has 0 aliphatic heterocycles. The molecule has 0 bridgehead atoms. The summed E-state index contributed by atoms with van der Waals surface area (Å²) in [6.45, 7) is 10.1. The molecule has 2 aromatic rings. The highest BCUT2D eigenvalue weighted by molar-refractivity contribution is 7.92. The summed E-state index contributed by atoms with van der Waals surface area (Å²) in [5.41, 5.74) is 3.96. The highest BCUT2D eigenvalue weighted by Gasteiger charge is 2.20. The smallest absolute Gasteiger partial charge is 0.251 e. The van der Waals surface area contributed by atoms with E-state index in [2.05, 4.69) is 19.2 Å². The van der Waals surface area contributed by atoms with Crippen LogP contribution < -0.4 is 9.62 Å². The minimum atomic E-state index is -3.45. The maximum absolute atomic E-state index is 12.4. The second-order valence-corrected chi connectivity index (χ2v) is 9.67. The van der Waals surface area contributed by atoms with Gasteiger partial charge in [0.25, 0.3) is 5.91 Å². The van der Waals surface area contributed by atoms with Crippen molar-refractivity contribution in [3.63, 3.8) is 0 Å². The molecule has 28 heavy (non-hydrogen) atoms. The zero-order valence-corrected chi connectivity index (χ0v) is 18.3. The molecule has 1 N–H and O–H groups in total. The average molecular weight is 403 g/mol. The van der Waals surface area contributed by atoms with Gasteiger partial charge in [-0.25, -0.2) is 8.42 Å². The van der Waals surface area contributed by atoms with E-state index in [1.165, 1.54) is 10.6 Å². The topological polar surface area (TPSA) is 66.5 Å². The molecule has 0 radical (unpaired) electrons. The van der Waals surface area contributed by atoms with Crippen molar-refractivity contribution in [2.75, 3.05) is 10.6 Å². The molecule has 6 heteroatoms. The van der Waals surface area contributed by atoms with E-state index in [-0.39, 0.29) is 18.5 Å². The quantitative estimate of drug-likeness (QED) is 0.760. The number of hydrogen-bond acceptors (Lipinski definition) is 3. The number of nitrogens with zero attached hydrogens (tertiary/aromatic N) is 1. The first-order valence-corrected chi connectivity index (χ1v) is 11.3. The predicted molar refractivity (Wildman–Crippen MR) is 115 cm³/mol. The molecule has 1 atom stereocenters. The van der Waals surface area contributed by atoms with Gasteiger partial charge in [0.05, 0.1) is 18.5 Å². The Kier molecular flexibility index (Phi) is 6.88. The standard InChI is InChI=1S/C22H30N2O3S/c1-15(2)18(5)23-22(25)20-11-9-19(10-12-20)14-24(28(6,26)27)21-13-16(3)7-8-17(21)4/h7-13,15,18H,14H2,1-6H3,(H,23,25)/t18-/m0/s1. The monoisotopic (exact) mass is 402 g/mol. The first-order chi connectivity index (χ1) is 13.0. The molecule has 0 unspecified atom stereocenters. The van der Waals surface area contributed by atoms with Gasteiger partial charge in [-0.3, -0.25) is 9.10 Å². The minimum absolute atomic E-state index is 0.0807. The van der Waals surface area contributed by atoms with Crippen molar-refractivity contribution in [2.24, 2.45) is 5.92 Å². The Morgan fingerprint density at radius 1 is 1.04 bits per heavy atom. The van der Waals surface area contributed by atoms with Crippen LogP contribution in [0.1, 0.15) is 47.8 Å². The Labute approximate surface area is 168 Å². The second kappa shape index (κ2) is 8.78. The van der Waals surface area contributed by atoms with Gasteiger partial charge in [0.2, 0.25) is 10.0 Å². The molecule has 0 aliphatic rings. The van der Waals surface area contributed by atoms with E-state index in [1.54, 1.807) is 24.3 Å². The van der Waals surface area contributed by atoms with Crippen molar-refractivity contribution in [1.29, 1.82) is 0 Å². The van der Waals surface area contributed by atoms with E-state index < -0.39 is 10.0 Å². The normalized spacial score (nSPS) is 12.7. The first kappa shape index (κ1) is 22.0. The Morgan fingerprint density at radius 3 is 2.18 bits per heavy atom. The fourth-order valence-corrected chi connectivity index (χ4v) is 3.69. The number of hydrogen-bond donors (Lipinski definition) is 1. The van der Waals surface area contributed by atoms with Crippen molar-refractivity contribution in [3.05, 3.63) is 64.7 Å². The fourth-order valence-electron chi connectivity index (χ4n) is 2.75. The second-order valence-electron chi connectivity index (χ2n) is 7.76. The lowest BCUT2D eigenvalue weighted by Gasteiger charge is -2.25. The number of carbonyl (C=O) groups is 1. The van der Waals surface area contributed by atoms with Gasteiger partial charge in [-0.15, -0.1) is 0 Å². The number of anilines is 1. The van der Waals surface area contributed by atoms with Crippen LogP contribution in [-0.4, -0.2) is 26.6 Å². The minimum Gasteiger partial charge on any atom is -0.349 e. The molecule has 2 rings (SSSR count). The molecule has 0 saturated carbocycles. The largest absolute Gasteiger partial charge is 0.349 e. The summed E-state index contributed by atoms with van der Waals surface area (Å²) in [6.07, 6.45) is 1.21. The van der Waals surface area contributed by atoms with Gasteiger partial charge in [-0.05, 0) is 61.6 Å². The van der Waals surface area contributed by atoms with E-state index in [0.29, 0.717) is 17.2 Å². The van der Waals surface area contributed by atoms with Crippen molar-refractivity contribution in [1.82, 2.24) is 5.32 Å². The Balaban J connectivity index is 2.24. The third-order valence-electron chi connectivity index (χ3n) is 4.93. The predicted octanol–water partition coefficient (Wildman–Crippen LogP) is 4.04. The van der Waals surface area contributed by atoms with E-state index in [1.807, 2.05) is 39.0 Å². The number of amides is 1. The Bertz CT molecular complexity index is 935. The maximum Gasteiger partial charge on any atom is 0.251 e. The van der Waals surface area contributed by atoms with Crippen molar-refractivity contribution in [3.8, 4) is 0 Å². The van der Waals surface area contributed by atoms with Crippen LogP contribution >= 0.6 is 0 Å². The lowest BCUT2D eigenvalue weighted by molar-refractivity contribution is 0.0930. The van der Waals surface area contributed by atoms with Gasteiger partial charge in [-0.2, -0.15) is 0 Å². The number of benzene rings is 2. The average Bonchev–Trinajstić information content (AvgIpc) is 2.61. The summed E-state index contributed by atoms with van der Waals surface area (Å²) >= 11 is 0. The molecule has 5 nitrogen and oxygen atoms in total. The summed E-state index contributed by atoms with van der Waals surface area (Å²) in [5, 5.41) is 2.97. The number of rotatable bonds is 7. The van der Waals surface area contributed by atoms with Crippen LogP contribution in [0.25, 0.3) is 0 Å². The van der Waals surface area contributed by atoms with Crippen LogP contribution in [0, 0.1) is 19.8 Å². The van der Waals surface area contributed by atoms with Crippen molar-refractivity contribution >= 4 is 21.6 Å². The lowest BCUT2D eigenvalue weighted by Crippen LogP contribution is -2.36. The van der Waals surface area contributed by atoms with Gasteiger partial charge in [0.1, 0.15) is 0 Å². The summed E-state index contributed by atoms with van der Waals surface area (Å²) in [4.78, 5) is 12.3. The molecule has 0 heterocycles. The molecule has 152 valence electrons. The van der Waals surface area contributed by atoms with E-state index >= 15 is 0 Å².